The number of β-amino-alcohol motifs (C(OH)–C–C–N with tert-alkyl or cyclic N) is 1. The SMILES string of the molecule is O=C(O)N1CC=CCC(O)C1. The number of aliphatic hydroxyl groups is 1. The Morgan fingerprint density at radius 1 is 1.55 bits per heavy atom. The molecule has 0 aromatic heterocycles. The number of hydrogen-bond acceptors (Lipinski definition) is 2. The second kappa shape index (κ2) is 3.39. The first-order chi connectivity index (χ1) is 5.20. The summed E-state index contributed by atoms with van der Waals surface area (Å²) >= 11 is 0. The summed E-state index contributed by atoms with van der Waals surface area (Å²) in [7, 11) is 0. The zero-order chi connectivity index (χ0) is 8.27. The topological polar surface area (TPSA) is 60.8 Å². The van der Waals surface area contributed by atoms with Gasteiger partial charge in [-0.1, -0.05) is 12.2 Å². The molecule has 2 N–H and O–H groups in total. The average molecular weight is 157 g/mol. The zero-order valence-electron chi connectivity index (χ0n) is 6.10. The highest BCUT2D eigenvalue weighted by Crippen LogP contribution is 2.03. The smallest absolute Gasteiger partial charge is 0.407 e. The molecule has 1 heterocycles. The van der Waals surface area contributed by atoms with E-state index in [0.717, 1.165) is 0 Å². The standard InChI is InChI=1S/C7H11NO3/c9-6-3-1-2-4-8(5-6)7(10)11/h1-2,6,9H,3-5H2,(H,10,11). The molecule has 1 aliphatic rings. The lowest BCUT2D eigenvalue weighted by Gasteiger charge is -2.17. The van der Waals surface area contributed by atoms with Crippen molar-refractivity contribution in [3.05, 3.63) is 12.2 Å². The third kappa shape index (κ3) is 2.23. The van der Waals surface area contributed by atoms with Gasteiger partial charge in [-0.15, -0.1) is 0 Å². The summed E-state index contributed by atoms with van der Waals surface area (Å²) in [4.78, 5) is 11.6. The van der Waals surface area contributed by atoms with Gasteiger partial charge in [-0.3, -0.25) is 0 Å². The van der Waals surface area contributed by atoms with E-state index in [1.807, 2.05) is 0 Å². The summed E-state index contributed by atoms with van der Waals surface area (Å²) in [5.74, 6) is 0. The van der Waals surface area contributed by atoms with E-state index in [1.165, 1.54) is 4.90 Å². The van der Waals surface area contributed by atoms with Crippen LogP contribution in [0.3, 0.4) is 0 Å². The summed E-state index contributed by atoms with van der Waals surface area (Å²) < 4.78 is 0. The maximum absolute atomic E-state index is 10.4. The van der Waals surface area contributed by atoms with E-state index < -0.39 is 12.2 Å². The van der Waals surface area contributed by atoms with Crippen molar-refractivity contribution < 1.29 is 15.0 Å². The van der Waals surface area contributed by atoms with Gasteiger partial charge in [0.1, 0.15) is 0 Å². The van der Waals surface area contributed by atoms with Gasteiger partial charge < -0.3 is 15.1 Å². The highest BCUT2D eigenvalue weighted by molar-refractivity contribution is 5.65. The third-order valence-electron chi connectivity index (χ3n) is 1.60. The van der Waals surface area contributed by atoms with Gasteiger partial charge in [0.05, 0.1) is 12.6 Å². The minimum absolute atomic E-state index is 0.211. The lowest BCUT2D eigenvalue weighted by Crippen LogP contribution is -2.35. The van der Waals surface area contributed by atoms with Gasteiger partial charge in [-0.25, -0.2) is 4.79 Å². The first kappa shape index (κ1) is 8.07. The van der Waals surface area contributed by atoms with E-state index in [4.69, 9.17) is 10.2 Å². The molecule has 62 valence electrons. The number of rotatable bonds is 0. The molecule has 0 fully saturated rings. The summed E-state index contributed by atoms with van der Waals surface area (Å²) in [6, 6.07) is 0. The second-order valence-corrected chi connectivity index (χ2v) is 2.55. The van der Waals surface area contributed by atoms with Crippen LogP contribution >= 0.6 is 0 Å². The first-order valence-electron chi connectivity index (χ1n) is 3.51. The minimum atomic E-state index is -0.976. The number of nitrogens with zero attached hydrogens (tertiary/aromatic N) is 1. The van der Waals surface area contributed by atoms with Crippen molar-refractivity contribution in [3.63, 3.8) is 0 Å². The summed E-state index contributed by atoms with van der Waals surface area (Å²) in [6.45, 7) is 0.592. The Morgan fingerprint density at radius 2 is 2.27 bits per heavy atom. The molecule has 4 heteroatoms. The van der Waals surface area contributed by atoms with Gasteiger partial charge >= 0.3 is 6.09 Å². The second-order valence-electron chi connectivity index (χ2n) is 2.55. The van der Waals surface area contributed by atoms with E-state index in [1.54, 1.807) is 12.2 Å². The van der Waals surface area contributed by atoms with Crippen LogP contribution < -0.4 is 0 Å². The third-order valence-corrected chi connectivity index (χ3v) is 1.60. The van der Waals surface area contributed by atoms with Crippen molar-refractivity contribution in [2.45, 2.75) is 12.5 Å². The molecule has 0 saturated carbocycles. The number of aliphatic hydroxyl groups excluding tert-OH is 1. The molecule has 11 heavy (non-hydrogen) atoms. The molecule has 1 rings (SSSR count). The van der Waals surface area contributed by atoms with Crippen LogP contribution in [0.25, 0.3) is 0 Å². The van der Waals surface area contributed by atoms with Gasteiger partial charge in [0, 0.05) is 6.54 Å². The molecule has 0 saturated heterocycles. The van der Waals surface area contributed by atoms with Crippen LogP contribution in [-0.2, 0) is 0 Å². The van der Waals surface area contributed by atoms with E-state index >= 15 is 0 Å². The Labute approximate surface area is 64.7 Å². The molecule has 0 aromatic rings. The van der Waals surface area contributed by atoms with Crippen LogP contribution in [0.2, 0.25) is 0 Å². The van der Waals surface area contributed by atoms with Crippen molar-refractivity contribution in [1.82, 2.24) is 4.90 Å². The minimum Gasteiger partial charge on any atom is -0.465 e. The number of carbonyl (C=O) groups is 1. The molecule has 1 aliphatic heterocycles. The fraction of sp³-hybridized carbons (Fsp3) is 0.571. The highest BCUT2D eigenvalue weighted by atomic mass is 16.4. The average Bonchev–Trinajstić information content (AvgIpc) is 2.13. The molecule has 0 bridgehead atoms. The van der Waals surface area contributed by atoms with Crippen molar-refractivity contribution in [2.75, 3.05) is 13.1 Å². The maximum Gasteiger partial charge on any atom is 0.407 e. The zero-order valence-corrected chi connectivity index (χ0v) is 6.10. The van der Waals surface area contributed by atoms with Crippen LogP contribution in [0.4, 0.5) is 4.79 Å². The van der Waals surface area contributed by atoms with Crippen molar-refractivity contribution in [2.24, 2.45) is 0 Å². The monoisotopic (exact) mass is 157 g/mol. The van der Waals surface area contributed by atoms with Crippen molar-refractivity contribution >= 4 is 6.09 Å². The summed E-state index contributed by atoms with van der Waals surface area (Å²) in [5, 5.41) is 17.7. The Bertz CT molecular complexity index is 179. The Hall–Kier alpha value is -1.03. The Morgan fingerprint density at radius 3 is 2.91 bits per heavy atom. The molecule has 0 aromatic carbocycles. The van der Waals surface area contributed by atoms with Crippen LogP contribution in [0, 0.1) is 0 Å². The quantitative estimate of drug-likeness (QED) is 0.497. The lowest BCUT2D eigenvalue weighted by atomic mass is 10.2. The van der Waals surface area contributed by atoms with Crippen LogP contribution in [0.15, 0.2) is 12.2 Å². The number of amides is 1. The van der Waals surface area contributed by atoms with E-state index in [-0.39, 0.29) is 6.54 Å². The van der Waals surface area contributed by atoms with Crippen molar-refractivity contribution in [1.29, 1.82) is 0 Å². The molecular formula is C7H11NO3. The lowest BCUT2D eigenvalue weighted by molar-refractivity contribution is 0.106. The molecule has 1 amide bonds. The predicted molar refractivity (Wildman–Crippen MR) is 39.4 cm³/mol. The fourth-order valence-corrected chi connectivity index (χ4v) is 1.01. The van der Waals surface area contributed by atoms with Crippen LogP contribution in [0.1, 0.15) is 6.42 Å². The van der Waals surface area contributed by atoms with Gasteiger partial charge in [-0.2, -0.15) is 0 Å². The number of hydrogen-bond donors (Lipinski definition) is 2. The van der Waals surface area contributed by atoms with Gasteiger partial charge in [-0.05, 0) is 6.42 Å². The largest absolute Gasteiger partial charge is 0.465 e. The van der Waals surface area contributed by atoms with Crippen molar-refractivity contribution in [3.8, 4) is 0 Å². The van der Waals surface area contributed by atoms with Gasteiger partial charge in [0.15, 0.2) is 0 Å². The molecule has 1 unspecified atom stereocenters. The van der Waals surface area contributed by atoms with Gasteiger partial charge in [0.25, 0.3) is 0 Å². The normalized spacial score (nSPS) is 24.8. The summed E-state index contributed by atoms with van der Waals surface area (Å²) in [6.07, 6.45) is 2.57. The number of carboxylic acid groups (broad SMARTS) is 1. The predicted octanol–water partition coefficient (Wildman–Crippen LogP) is 0.287. The highest BCUT2D eigenvalue weighted by Gasteiger charge is 2.16. The van der Waals surface area contributed by atoms with Crippen LogP contribution in [0.5, 0.6) is 0 Å². The molecule has 0 spiro atoms. The molecule has 0 radical (unpaired) electrons. The van der Waals surface area contributed by atoms with E-state index in [2.05, 4.69) is 0 Å². The molecular weight excluding hydrogens is 146 g/mol. The van der Waals surface area contributed by atoms with Crippen LogP contribution in [-0.4, -0.2) is 40.4 Å². The van der Waals surface area contributed by atoms with E-state index in [0.29, 0.717) is 13.0 Å². The molecule has 0 aliphatic carbocycles. The Balaban J connectivity index is 2.54. The molecule has 4 nitrogen and oxygen atoms in total. The Kier molecular flexibility index (Phi) is 2.48. The summed E-state index contributed by atoms with van der Waals surface area (Å²) in [5.41, 5.74) is 0. The maximum atomic E-state index is 10.4. The fourth-order valence-electron chi connectivity index (χ4n) is 1.01. The van der Waals surface area contributed by atoms with E-state index in [9.17, 15) is 4.79 Å². The first-order valence-corrected chi connectivity index (χ1v) is 3.51. The molecule has 1 atom stereocenters. The van der Waals surface area contributed by atoms with Gasteiger partial charge in [0.2, 0.25) is 0 Å².